The molecule has 4 nitrogen and oxygen atoms in total. The lowest BCUT2D eigenvalue weighted by molar-refractivity contribution is 0.352. The Bertz CT molecular complexity index is 587. The minimum atomic E-state index is 0.294. The van der Waals surface area contributed by atoms with E-state index in [9.17, 15) is 0 Å². The van der Waals surface area contributed by atoms with Crippen molar-refractivity contribution in [3.05, 3.63) is 40.5 Å². The van der Waals surface area contributed by atoms with E-state index in [0.29, 0.717) is 24.3 Å². The number of hydrogen-bond acceptors (Lipinski definition) is 5. The molecule has 1 unspecified atom stereocenters. The third-order valence-electron chi connectivity index (χ3n) is 3.08. The lowest BCUT2D eigenvalue weighted by atomic mass is 10.0. The van der Waals surface area contributed by atoms with Gasteiger partial charge in [0, 0.05) is 16.0 Å². The Kier molecular flexibility index (Phi) is 3.77. The second-order valence-electron chi connectivity index (χ2n) is 4.49. The van der Waals surface area contributed by atoms with Gasteiger partial charge in [-0.2, -0.15) is 4.98 Å². The molecule has 0 aliphatic carbocycles. The molecular formula is C13H14ClN3OS. The molecule has 0 spiro atoms. The second-order valence-corrected chi connectivity index (χ2v) is 6.06. The average molecular weight is 296 g/mol. The Hall–Kier alpha value is -1.04. The maximum Gasteiger partial charge on any atom is 0.240 e. The van der Waals surface area contributed by atoms with Crippen LogP contribution in [-0.2, 0) is 6.54 Å². The molecule has 0 fully saturated rings. The summed E-state index contributed by atoms with van der Waals surface area (Å²) < 4.78 is 5.11. The molecule has 0 bridgehead atoms. The highest BCUT2D eigenvalue weighted by Crippen LogP contribution is 2.37. The molecule has 2 aromatic rings. The fourth-order valence-corrected chi connectivity index (χ4v) is 3.49. The zero-order valence-corrected chi connectivity index (χ0v) is 12.1. The maximum absolute atomic E-state index is 6.08. The lowest BCUT2D eigenvalue weighted by Gasteiger charge is -2.25. The summed E-state index contributed by atoms with van der Waals surface area (Å²) in [6.45, 7) is 2.40. The first-order valence-electron chi connectivity index (χ1n) is 6.17. The number of fused-ring (bicyclic) bond motifs is 1. The fourth-order valence-electron chi connectivity index (χ4n) is 2.20. The Morgan fingerprint density at radius 3 is 3.21 bits per heavy atom. The zero-order chi connectivity index (χ0) is 13.2. The van der Waals surface area contributed by atoms with Crippen LogP contribution in [0.4, 0.5) is 0 Å². The number of nitrogens with zero attached hydrogens (tertiary/aromatic N) is 2. The number of hydrogen-bond donors (Lipinski definition) is 1. The number of benzene rings is 1. The van der Waals surface area contributed by atoms with E-state index in [-0.39, 0.29) is 0 Å². The van der Waals surface area contributed by atoms with Crippen LogP contribution in [0.3, 0.4) is 0 Å². The Morgan fingerprint density at radius 2 is 2.42 bits per heavy atom. The van der Waals surface area contributed by atoms with Crippen molar-refractivity contribution in [2.75, 3.05) is 5.75 Å². The Balaban J connectivity index is 1.74. The highest BCUT2D eigenvalue weighted by atomic mass is 35.5. The summed E-state index contributed by atoms with van der Waals surface area (Å²) in [4.78, 5) is 5.50. The van der Waals surface area contributed by atoms with Crippen molar-refractivity contribution in [2.45, 2.75) is 30.8 Å². The molecule has 1 atom stereocenters. The first kappa shape index (κ1) is 13.0. The number of aromatic nitrogens is 2. The minimum Gasteiger partial charge on any atom is -0.338 e. The summed E-state index contributed by atoms with van der Waals surface area (Å²) in [6, 6.07) is 6.37. The van der Waals surface area contributed by atoms with Gasteiger partial charge in [0.1, 0.15) is 0 Å². The molecule has 2 heterocycles. The maximum atomic E-state index is 6.08. The van der Waals surface area contributed by atoms with E-state index in [2.05, 4.69) is 21.5 Å². The summed E-state index contributed by atoms with van der Waals surface area (Å²) in [5.41, 5.74) is 1.26. The van der Waals surface area contributed by atoms with Gasteiger partial charge < -0.3 is 9.84 Å². The zero-order valence-electron chi connectivity index (χ0n) is 10.5. The summed E-state index contributed by atoms with van der Waals surface area (Å²) >= 11 is 7.96. The molecule has 1 aliphatic heterocycles. The predicted octanol–water partition coefficient (Wildman–Crippen LogP) is 3.36. The van der Waals surface area contributed by atoms with Gasteiger partial charge in [0.25, 0.3) is 0 Å². The molecule has 100 valence electrons. The van der Waals surface area contributed by atoms with E-state index in [1.807, 2.05) is 30.8 Å². The summed E-state index contributed by atoms with van der Waals surface area (Å²) in [5.74, 6) is 2.40. The third-order valence-corrected chi connectivity index (χ3v) is 4.44. The molecule has 0 amide bonds. The van der Waals surface area contributed by atoms with Gasteiger partial charge in [-0.25, -0.2) is 0 Å². The molecular weight excluding hydrogens is 282 g/mol. The molecule has 0 saturated carbocycles. The van der Waals surface area contributed by atoms with E-state index in [1.165, 1.54) is 10.5 Å². The highest BCUT2D eigenvalue weighted by molar-refractivity contribution is 7.99. The van der Waals surface area contributed by atoms with Crippen LogP contribution in [0.2, 0.25) is 5.02 Å². The predicted molar refractivity (Wildman–Crippen MR) is 75.4 cm³/mol. The van der Waals surface area contributed by atoms with Crippen molar-refractivity contribution >= 4 is 23.4 Å². The summed E-state index contributed by atoms with van der Waals surface area (Å²) in [6.07, 6.45) is 1.07. The number of thioether (sulfide) groups is 1. The Labute approximate surface area is 120 Å². The van der Waals surface area contributed by atoms with Crippen LogP contribution in [0.1, 0.15) is 29.7 Å². The van der Waals surface area contributed by atoms with Gasteiger partial charge in [-0.1, -0.05) is 16.8 Å². The number of halogens is 1. The number of aryl methyl sites for hydroxylation is 1. The van der Waals surface area contributed by atoms with E-state index >= 15 is 0 Å². The van der Waals surface area contributed by atoms with E-state index in [4.69, 9.17) is 16.1 Å². The van der Waals surface area contributed by atoms with Crippen molar-refractivity contribution < 1.29 is 4.52 Å². The van der Waals surface area contributed by atoms with E-state index in [1.54, 1.807) is 0 Å². The van der Waals surface area contributed by atoms with Gasteiger partial charge in [-0.15, -0.1) is 11.8 Å². The van der Waals surface area contributed by atoms with Crippen LogP contribution < -0.4 is 5.32 Å². The average Bonchev–Trinajstić information content (AvgIpc) is 2.82. The second kappa shape index (κ2) is 5.53. The van der Waals surface area contributed by atoms with Gasteiger partial charge in [-0.3, -0.25) is 0 Å². The first-order valence-corrected chi connectivity index (χ1v) is 7.53. The van der Waals surface area contributed by atoms with Crippen LogP contribution >= 0.6 is 23.4 Å². The number of nitrogens with one attached hydrogen (secondary N) is 1. The molecule has 19 heavy (non-hydrogen) atoms. The van der Waals surface area contributed by atoms with Gasteiger partial charge in [0.15, 0.2) is 5.82 Å². The molecule has 1 N–H and O–H groups in total. The van der Waals surface area contributed by atoms with Gasteiger partial charge in [0.05, 0.1) is 6.54 Å². The standard InChI is InChI=1S/C13H14ClN3OS/c1-8-16-13(18-17-8)7-15-11-4-5-19-12-3-2-9(14)6-10(11)12/h2-3,6,11,15H,4-5,7H2,1H3. The van der Waals surface area contributed by atoms with Crippen molar-refractivity contribution in [3.63, 3.8) is 0 Å². The monoisotopic (exact) mass is 295 g/mol. The van der Waals surface area contributed by atoms with Gasteiger partial charge in [0.2, 0.25) is 5.89 Å². The Morgan fingerprint density at radius 1 is 1.53 bits per heavy atom. The van der Waals surface area contributed by atoms with Gasteiger partial charge in [-0.05, 0) is 42.9 Å². The number of rotatable bonds is 3. The molecule has 6 heteroatoms. The quantitative estimate of drug-likeness (QED) is 0.941. The first-order chi connectivity index (χ1) is 9.22. The molecule has 1 aromatic carbocycles. The molecule has 0 radical (unpaired) electrons. The van der Waals surface area contributed by atoms with Crippen LogP contribution in [0.25, 0.3) is 0 Å². The molecule has 1 aliphatic rings. The molecule has 3 rings (SSSR count). The normalized spacial score (nSPS) is 18.3. The van der Waals surface area contributed by atoms with Crippen LogP contribution in [0.5, 0.6) is 0 Å². The minimum absolute atomic E-state index is 0.294. The largest absolute Gasteiger partial charge is 0.338 e. The molecule has 0 saturated heterocycles. The highest BCUT2D eigenvalue weighted by Gasteiger charge is 2.21. The van der Waals surface area contributed by atoms with Gasteiger partial charge >= 0.3 is 0 Å². The summed E-state index contributed by atoms with van der Waals surface area (Å²) in [5, 5.41) is 8.03. The van der Waals surface area contributed by atoms with Crippen molar-refractivity contribution in [1.29, 1.82) is 0 Å². The van der Waals surface area contributed by atoms with Crippen molar-refractivity contribution in [1.82, 2.24) is 15.5 Å². The van der Waals surface area contributed by atoms with Crippen LogP contribution in [0.15, 0.2) is 27.6 Å². The SMILES string of the molecule is Cc1noc(CNC2CCSc3ccc(Cl)cc32)n1. The van der Waals surface area contributed by atoms with Crippen molar-refractivity contribution in [2.24, 2.45) is 0 Å². The third kappa shape index (κ3) is 2.94. The smallest absolute Gasteiger partial charge is 0.240 e. The van der Waals surface area contributed by atoms with E-state index in [0.717, 1.165) is 17.2 Å². The summed E-state index contributed by atoms with van der Waals surface area (Å²) in [7, 11) is 0. The molecule has 1 aromatic heterocycles. The lowest BCUT2D eigenvalue weighted by Crippen LogP contribution is -2.24. The fraction of sp³-hybridized carbons (Fsp3) is 0.385. The van der Waals surface area contributed by atoms with Crippen LogP contribution in [-0.4, -0.2) is 15.9 Å². The van der Waals surface area contributed by atoms with E-state index < -0.39 is 0 Å². The van der Waals surface area contributed by atoms with Crippen molar-refractivity contribution in [3.8, 4) is 0 Å². The van der Waals surface area contributed by atoms with Crippen LogP contribution in [0, 0.1) is 6.92 Å². The topological polar surface area (TPSA) is 51.0 Å².